The van der Waals surface area contributed by atoms with Crippen LogP contribution >= 0.6 is 39.9 Å². The molecule has 0 spiro atoms. The molecule has 0 heterocycles. The Hall–Kier alpha value is -0.870. The summed E-state index contributed by atoms with van der Waals surface area (Å²) in [5.74, 6) is 1.04. The fourth-order valence-electron chi connectivity index (χ4n) is 2.34. The normalized spacial score (nSPS) is 12.1. The summed E-state index contributed by atoms with van der Waals surface area (Å²) in [5, 5.41) is 9.09. The predicted octanol–water partition coefficient (Wildman–Crippen LogP) is 2.56. The smallest absolute Gasteiger partial charge is 0.239 e. The summed E-state index contributed by atoms with van der Waals surface area (Å²) >= 11 is 3.51. The first kappa shape index (κ1) is 25.1. The van der Waals surface area contributed by atoms with Crippen LogP contribution in [0.25, 0.3) is 0 Å². The van der Waals surface area contributed by atoms with Crippen LogP contribution in [0.1, 0.15) is 18.9 Å². The van der Waals surface area contributed by atoms with Gasteiger partial charge in [0.1, 0.15) is 0 Å². The maximum Gasteiger partial charge on any atom is 0.239 e. The molecule has 0 aliphatic rings. The van der Waals surface area contributed by atoms with E-state index in [4.69, 9.17) is 4.74 Å². The van der Waals surface area contributed by atoms with Crippen molar-refractivity contribution in [2.75, 3.05) is 40.4 Å². The van der Waals surface area contributed by atoms with Crippen LogP contribution in [0.3, 0.4) is 0 Å². The van der Waals surface area contributed by atoms with Crippen molar-refractivity contribution in [1.82, 2.24) is 16.0 Å². The molecular weight excluding hydrogens is 511 g/mol. The summed E-state index contributed by atoms with van der Waals surface area (Å²) in [6.45, 7) is 4.18. The van der Waals surface area contributed by atoms with E-state index in [0.717, 1.165) is 23.9 Å². The first-order valence-corrected chi connectivity index (χ1v) is 9.32. The third kappa shape index (κ3) is 11.0. The third-order valence-corrected chi connectivity index (χ3v) is 4.31. The molecule has 1 atom stereocenters. The fourth-order valence-corrected chi connectivity index (χ4v) is 2.79. The van der Waals surface area contributed by atoms with Gasteiger partial charge in [0.25, 0.3) is 0 Å². The Balaban J connectivity index is 0.00000625. The monoisotopic (exact) mass is 540 g/mol. The van der Waals surface area contributed by atoms with Gasteiger partial charge in [-0.2, -0.15) is 0 Å². The number of hydrogen-bond donors (Lipinski definition) is 3. The summed E-state index contributed by atoms with van der Waals surface area (Å²) in [7, 11) is 3.31. The number of carbonyl (C=O) groups is 1. The van der Waals surface area contributed by atoms with Gasteiger partial charge in [-0.1, -0.05) is 41.4 Å². The molecule has 1 rings (SSSR count). The zero-order valence-corrected chi connectivity index (χ0v) is 19.6. The van der Waals surface area contributed by atoms with E-state index in [1.54, 1.807) is 14.2 Å². The molecule has 0 fully saturated rings. The van der Waals surface area contributed by atoms with E-state index in [2.05, 4.69) is 62.0 Å². The minimum Gasteiger partial charge on any atom is -0.383 e. The number of guanidine groups is 1. The molecule has 1 unspecified atom stereocenters. The Morgan fingerprint density at radius 2 is 2.08 bits per heavy atom. The lowest BCUT2D eigenvalue weighted by atomic mass is 9.97. The summed E-state index contributed by atoms with van der Waals surface area (Å²) in [4.78, 5) is 15.9. The molecule has 0 bridgehead atoms. The SMILES string of the molecule is CCC(CNC(=NC)NCC(=O)NCCOC)Cc1cccc(Br)c1.I. The van der Waals surface area contributed by atoms with Crippen molar-refractivity contribution in [3.63, 3.8) is 0 Å². The van der Waals surface area contributed by atoms with Gasteiger partial charge in [-0.05, 0) is 30.0 Å². The first-order valence-electron chi connectivity index (χ1n) is 8.53. The standard InChI is InChI=1S/C18H29BrN4O2.HI/c1-4-14(10-15-6-5-7-16(19)11-15)12-22-18(20-2)23-13-17(24)21-8-9-25-3;/h5-7,11,14H,4,8-10,12-13H2,1-3H3,(H,21,24)(H2,20,22,23);1H. The highest BCUT2D eigenvalue weighted by atomic mass is 127. The Morgan fingerprint density at radius 1 is 1.31 bits per heavy atom. The van der Waals surface area contributed by atoms with Gasteiger partial charge in [0.05, 0.1) is 13.2 Å². The lowest BCUT2D eigenvalue weighted by Gasteiger charge is -2.18. The Morgan fingerprint density at radius 3 is 2.69 bits per heavy atom. The van der Waals surface area contributed by atoms with Crippen LogP contribution in [0.15, 0.2) is 33.7 Å². The van der Waals surface area contributed by atoms with Crippen molar-refractivity contribution in [3.8, 4) is 0 Å². The van der Waals surface area contributed by atoms with E-state index in [1.165, 1.54) is 5.56 Å². The number of halogens is 2. The zero-order valence-electron chi connectivity index (χ0n) is 15.7. The number of aliphatic imine (C=N–C) groups is 1. The maximum atomic E-state index is 11.7. The van der Waals surface area contributed by atoms with Crippen LogP contribution in [0, 0.1) is 5.92 Å². The van der Waals surface area contributed by atoms with Gasteiger partial charge >= 0.3 is 0 Å². The summed E-state index contributed by atoms with van der Waals surface area (Å²) in [6, 6.07) is 8.39. The van der Waals surface area contributed by atoms with E-state index < -0.39 is 0 Å². The fraction of sp³-hybridized carbons (Fsp3) is 0.556. The molecule has 0 aliphatic heterocycles. The molecule has 0 aromatic heterocycles. The molecule has 26 heavy (non-hydrogen) atoms. The molecule has 1 amide bonds. The molecule has 0 saturated heterocycles. The number of carbonyl (C=O) groups excluding carboxylic acids is 1. The van der Waals surface area contributed by atoms with Crippen molar-refractivity contribution >= 4 is 51.8 Å². The quantitative estimate of drug-likeness (QED) is 0.184. The second-order valence-electron chi connectivity index (χ2n) is 5.76. The van der Waals surface area contributed by atoms with Crippen molar-refractivity contribution in [1.29, 1.82) is 0 Å². The highest BCUT2D eigenvalue weighted by Gasteiger charge is 2.10. The third-order valence-electron chi connectivity index (χ3n) is 3.82. The number of ether oxygens (including phenoxy) is 1. The Kier molecular flexibility index (Phi) is 14.7. The number of rotatable bonds is 10. The molecule has 6 nitrogen and oxygen atoms in total. The second kappa shape index (κ2) is 15.2. The number of methoxy groups -OCH3 is 1. The van der Waals surface area contributed by atoms with E-state index >= 15 is 0 Å². The van der Waals surface area contributed by atoms with Crippen LogP contribution in [0.5, 0.6) is 0 Å². The molecule has 3 N–H and O–H groups in total. The summed E-state index contributed by atoms with van der Waals surface area (Å²) in [6.07, 6.45) is 2.06. The predicted molar refractivity (Wildman–Crippen MR) is 121 cm³/mol. The Bertz CT molecular complexity index is 558. The molecule has 1 aromatic rings. The molecule has 0 radical (unpaired) electrons. The molecule has 0 aliphatic carbocycles. The number of nitrogens with zero attached hydrogens (tertiary/aromatic N) is 1. The minimum atomic E-state index is -0.0822. The number of nitrogens with one attached hydrogen (secondary N) is 3. The topological polar surface area (TPSA) is 74.8 Å². The number of hydrogen-bond acceptors (Lipinski definition) is 3. The minimum absolute atomic E-state index is 0. The average Bonchev–Trinajstić information content (AvgIpc) is 2.61. The van der Waals surface area contributed by atoms with E-state index in [-0.39, 0.29) is 36.4 Å². The molecule has 0 saturated carbocycles. The van der Waals surface area contributed by atoms with Gasteiger partial charge in [-0.3, -0.25) is 9.79 Å². The summed E-state index contributed by atoms with van der Waals surface area (Å²) in [5.41, 5.74) is 1.31. The zero-order chi connectivity index (χ0) is 18.5. The average molecular weight is 541 g/mol. The molecule has 1 aromatic carbocycles. The lowest BCUT2D eigenvalue weighted by molar-refractivity contribution is -0.120. The van der Waals surface area contributed by atoms with Crippen LogP contribution in [0.2, 0.25) is 0 Å². The van der Waals surface area contributed by atoms with E-state index in [9.17, 15) is 4.79 Å². The van der Waals surface area contributed by atoms with Crippen LogP contribution in [-0.4, -0.2) is 52.3 Å². The largest absolute Gasteiger partial charge is 0.383 e. The van der Waals surface area contributed by atoms with Crippen LogP contribution in [0.4, 0.5) is 0 Å². The van der Waals surface area contributed by atoms with Crippen molar-refractivity contribution in [2.45, 2.75) is 19.8 Å². The van der Waals surface area contributed by atoms with Crippen molar-refractivity contribution < 1.29 is 9.53 Å². The number of amides is 1. The van der Waals surface area contributed by atoms with Gasteiger partial charge in [0, 0.05) is 31.7 Å². The summed E-state index contributed by atoms with van der Waals surface area (Å²) < 4.78 is 6.00. The Labute approximate surface area is 182 Å². The van der Waals surface area contributed by atoms with E-state index in [0.29, 0.717) is 25.0 Å². The highest BCUT2D eigenvalue weighted by Crippen LogP contribution is 2.16. The van der Waals surface area contributed by atoms with Gasteiger partial charge in [0.2, 0.25) is 5.91 Å². The van der Waals surface area contributed by atoms with Gasteiger partial charge in [-0.15, -0.1) is 24.0 Å². The second-order valence-corrected chi connectivity index (χ2v) is 6.67. The van der Waals surface area contributed by atoms with E-state index in [1.807, 2.05) is 6.07 Å². The highest BCUT2D eigenvalue weighted by molar-refractivity contribution is 14.0. The molecule has 148 valence electrons. The molecule has 8 heteroatoms. The van der Waals surface area contributed by atoms with Gasteiger partial charge in [-0.25, -0.2) is 0 Å². The number of benzene rings is 1. The van der Waals surface area contributed by atoms with Crippen LogP contribution in [-0.2, 0) is 16.0 Å². The molecular formula is C18H30BrIN4O2. The van der Waals surface area contributed by atoms with Crippen molar-refractivity contribution in [2.24, 2.45) is 10.9 Å². The van der Waals surface area contributed by atoms with Gasteiger partial charge < -0.3 is 20.7 Å². The van der Waals surface area contributed by atoms with Gasteiger partial charge in [0.15, 0.2) is 5.96 Å². The first-order chi connectivity index (χ1) is 12.1. The lowest BCUT2D eigenvalue weighted by Crippen LogP contribution is -2.45. The van der Waals surface area contributed by atoms with Crippen LogP contribution < -0.4 is 16.0 Å². The van der Waals surface area contributed by atoms with Crippen molar-refractivity contribution in [3.05, 3.63) is 34.3 Å². The maximum absolute atomic E-state index is 11.7.